The van der Waals surface area contributed by atoms with Gasteiger partial charge < -0.3 is 15.0 Å². The first-order valence-electron chi connectivity index (χ1n) is 1.08. The van der Waals surface area contributed by atoms with Crippen molar-refractivity contribution < 1.29 is 66.3 Å². The molecule has 0 saturated heterocycles. The summed E-state index contributed by atoms with van der Waals surface area (Å²) in [4.78, 5) is 9.01. The maximum absolute atomic E-state index is 9.01. The molecule has 0 aliphatic carbocycles. The second-order valence-corrected chi connectivity index (χ2v) is 0.530. The Morgan fingerprint density at radius 3 is 1.86 bits per heavy atom. The number of rotatable bonds is 1. The van der Waals surface area contributed by atoms with Crippen molar-refractivity contribution in [1.29, 1.82) is 0 Å². The number of carboxylic acid groups (broad SMARTS) is 1. The standard InChI is InChI=1S/C2H4O3.Na.Ti/c3-1-2(4)5;;/h3H,1H2,(H,4,5);;/q;+1;/p-1. The van der Waals surface area contributed by atoms with Crippen LogP contribution in [0.15, 0.2) is 0 Å². The minimum absolute atomic E-state index is 0. The Morgan fingerprint density at radius 2 is 1.86 bits per heavy atom. The van der Waals surface area contributed by atoms with Crippen LogP contribution in [0.5, 0.6) is 0 Å². The number of hydrogen-bond acceptors (Lipinski definition) is 3. The van der Waals surface area contributed by atoms with Gasteiger partial charge in [-0.15, -0.1) is 0 Å². The molecular formula is C2H3NaO3Ti. The van der Waals surface area contributed by atoms with E-state index in [1.165, 1.54) is 0 Å². The Labute approximate surface area is 78.3 Å². The molecule has 0 unspecified atom stereocenters. The van der Waals surface area contributed by atoms with E-state index in [2.05, 4.69) is 0 Å². The van der Waals surface area contributed by atoms with Crippen molar-refractivity contribution >= 4 is 5.97 Å². The normalized spacial score (nSPS) is 5.29. The molecule has 3 nitrogen and oxygen atoms in total. The summed E-state index contributed by atoms with van der Waals surface area (Å²) in [5.74, 6) is -1.44. The van der Waals surface area contributed by atoms with Crippen molar-refractivity contribution in [2.75, 3.05) is 6.61 Å². The van der Waals surface area contributed by atoms with Crippen molar-refractivity contribution in [2.24, 2.45) is 0 Å². The molecule has 0 rings (SSSR count). The molecule has 0 heterocycles. The SMILES string of the molecule is O=C([O-])CO.[Na+].[Ti]. The molecular weight excluding hydrogens is 143 g/mol. The van der Waals surface area contributed by atoms with Crippen LogP contribution in [-0.4, -0.2) is 17.7 Å². The van der Waals surface area contributed by atoms with Gasteiger partial charge in [-0.1, -0.05) is 0 Å². The average molecular weight is 146 g/mol. The fourth-order valence-corrected chi connectivity index (χ4v) is 0. The van der Waals surface area contributed by atoms with E-state index < -0.39 is 12.6 Å². The van der Waals surface area contributed by atoms with Crippen LogP contribution in [0.1, 0.15) is 0 Å². The maximum atomic E-state index is 9.01. The predicted octanol–water partition coefficient (Wildman–Crippen LogP) is -5.27. The van der Waals surface area contributed by atoms with E-state index in [1.54, 1.807) is 0 Å². The largest absolute Gasteiger partial charge is 1.00 e. The van der Waals surface area contributed by atoms with E-state index in [9.17, 15) is 0 Å². The third kappa shape index (κ3) is 19.1. The van der Waals surface area contributed by atoms with Crippen LogP contribution < -0.4 is 34.7 Å². The van der Waals surface area contributed by atoms with Gasteiger partial charge in [-0.05, 0) is 0 Å². The van der Waals surface area contributed by atoms with Crippen molar-refractivity contribution in [1.82, 2.24) is 0 Å². The van der Waals surface area contributed by atoms with Gasteiger partial charge in [-0.2, -0.15) is 0 Å². The van der Waals surface area contributed by atoms with Gasteiger partial charge in [0, 0.05) is 21.7 Å². The summed E-state index contributed by atoms with van der Waals surface area (Å²) >= 11 is 0. The minimum atomic E-state index is -1.44. The van der Waals surface area contributed by atoms with Crippen molar-refractivity contribution in [2.45, 2.75) is 0 Å². The Balaban J connectivity index is -0.0000000800. The van der Waals surface area contributed by atoms with Crippen LogP contribution in [-0.2, 0) is 26.5 Å². The van der Waals surface area contributed by atoms with Crippen LogP contribution in [0.4, 0.5) is 0 Å². The predicted molar refractivity (Wildman–Crippen MR) is 12.1 cm³/mol. The summed E-state index contributed by atoms with van der Waals surface area (Å²) in [5, 5.41) is 16.5. The van der Waals surface area contributed by atoms with Gasteiger partial charge in [0.25, 0.3) is 0 Å². The van der Waals surface area contributed by atoms with Gasteiger partial charge in [0.2, 0.25) is 0 Å². The number of carboxylic acids is 1. The molecule has 0 atom stereocenters. The van der Waals surface area contributed by atoms with Crippen LogP contribution in [0.2, 0.25) is 0 Å². The summed E-state index contributed by atoms with van der Waals surface area (Å²) in [6.07, 6.45) is 0. The fourth-order valence-electron chi connectivity index (χ4n) is 0. The zero-order valence-electron chi connectivity index (χ0n) is 3.97. The minimum Gasteiger partial charge on any atom is -0.548 e. The van der Waals surface area contributed by atoms with Crippen molar-refractivity contribution in [3.05, 3.63) is 0 Å². The average Bonchev–Trinajstić information content (AvgIpc) is 1.38. The molecule has 0 saturated carbocycles. The number of aliphatic hydroxyl groups excluding tert-OH is 1. The van der Waals surface area contributed by atoms with Crippen molar-refractivity contribution in [3.8, 4) is 0 Å². The molecule has 0 fully saturated rings. The van der Waals surface area contributed by atoms with E-state index in [4.69, 9.17) is 15.0 Å². The first-order valence-corrected chi connectivity index (χ1v) is 1.08. The van der Waals surface area contributed by atoms with Crippen LogP contribution >= 0.6 is 0 Å². The van der Waals surface area contributed by atoms with E-state index >= 15 is 0 Å². The molecule has 0 amide bonds. The molecule has 1 N–H and O–H groups in total. The summed E-state index contributed by atoms with van der Waals surface area (Å²) in [5.41, 5.74) is 0. The Morgan fingerprint density at radius 1 is 1.71 bits per heavy atom. The maximum Gasteiger partial charge on any atom is 1.00 e. The molecule has 0 bridgehead atoms. The summed E-state index contributed by atoms with van der Waals surface area (Å²) in [6.45, 7) is -0.889. The van der Waals surface area contributed by atoms with Crippen molar-refractivity contribution in [3.63, 3.8) is 0 Å². The van der Waals surface area contributed by atoms with E-state index in [-0.39, 0.29) is 51.3 Å². The van der Waals surface area contributed by atoms with Crippen LogP contribution in [0, 0.1) is 0 Å². The molecule has 5 heteroatoms. The second-order valence-electron chi connectivity index (χ2n) is 0.530. The zero-order valence-corrected chi connectivity index (χ0v) is 7.53. The van der Waals surface area contributed by atoms with Crippen LogP contribution in [0.3, 0.4) is 0 Å². The van der Waals surface area contributed by atoms with Gasteiger partial charge in [0.15, 0.2) is 0 Å². The molecule has 0 aromatic heterocycles. The number of aliphatic hydroxyl groups is 1. The third-order valence-corrected chi connectivity index (χ3v) is 0.129. The first kappa shape index (κ1) is 15.7. The summed E-state index contributed by atoms with van der Waals surface area (Å²) in [6, 6.07) is 0. The molecule has 0 aromatic carbocycles. The van der Waals surface area contributed by atoms with Crippen LogP contribution in [0.25, 0.3) is 0 Å². The van der Waals surface area contributed by atoms with Gasteiger partial charge >= 0.3 is 29.6 Å². The quantitative estimate of drug-likeness (QED) is 0.376. The monoisotopic (exact) mass is 146 g/mol. The molecule has 0 radical (unpaired) electrons. The summed E-state index contributed by atoms with van der Waals surface area (Å²) in [7, 11) is 0. The molecule has 0 aliphatic rings. The summed E-state index contributed by atoms with van der Waals surface area (Å²) < 4.78 is 0. The fraction of sp³-hybridized carbons (Fsp3) is 0.500. The number of carbonyl (C=O) groups excluding carboxylic acids is 1. The van der Waals surface area contributed by atoms with E-state index in [0.29, 0.717) is 0 Å². The van der Waals surface area contributed by atoms with Gasteiger partial charge in [-0.3, -0.25) is 0 Å². The number of hydrogen-bond donors (Lipinski definition) is 1. The Hall–Kier alpha value is 1.14. The number of aliphatic carboxylic acids is 1. The van der Waals surface area contributed by atoms with E-state index in [0.717, 1.165) is 0 Å². The molecule has 7 heavy (non-hydrogen) atoms. The Kier molecular flexibility index (Phi) is 22.9. The number of carbonyl (C=O) groups is 1. The third-order valence-electron chi connectivity index (χ3n) is 0.129. The first-order chi connectivity index (χ1) is 2.27. The second kappa shape index (κ2) is 10.2. The molecule has 0 aliphatic heterocycles. The zero-order chi connectivity index (χ0) is 4.28. The molecule has 0 aromatic rings. The van der Waals surface area contributed by atoms with Gasteiger partial charge in [-0.25, -0.2) is 0 Å². The molecule has 34 valence electrons. The topological polar surface area (TPSA) is 60.4 Å². The Bertz CT molecular complexity index is 48.2. The van der Waals surface area contributed by atoms with Gasteiger partial charge in [0.05, 0.1) is 12.6 Å². The smallest absolute Gasteiger partial charge is 0.548 e. The van der Waals surface area contributed by atoms with Gasteiger partial charge in [0.1, 0.15) is 0 Å². The molecule has 0 spiro atoms. The van der Waals surface area contributed by atoms with E-state index in [1.807, 2.05) is 0 Å².